The lowest BCUT2D eigenvalue weighted by Gasteiger charge is -2.39. The third kappa shape index (κ3) is 2.37. The average Bonchev–Trinajstić information content (AvgIpc) is 3.00. The summed E-state index contributed by atoms with van der Waals surface area (Å²) in [6.45, 7) is 2.06. The first-order valence-corrected chi connectivity index (χ1v) is 8.03. The molecule has 2 aliphatic rings. The molecule has 4 rings (SSSR count). The second kappa shape index (κ2) is 5.66. The molecule has 3 amide bonds. The second-order valence-corrected chi connectivity index (χ2v) is 6.02. The average molecular weight is 313 g/mol. The minimum absolute atomic E-state index is 0.00995. The van der Waals surface area contributed by atoms with Gasteiger partial charge in [-0.15, -0.1) is 0 Å². The van der Waals surface area contributed by atoms with Crippen LogP contribution < -0.4 is 10.2 Å². The number of amides is 3. The highest BCUT2D eigenvalue weighted by Gasteiger charge is 2.39. The van der Waals surface area contributed by atoms with Gasteiger partial charge in [0.15, 0.2) is 5.82 Å². The van der Waals surface area contributed by atoms with Gasteiger partial charge in [0.05, 0.1) is 5.52 Å². The molecule has 0 aliphatic carbocycles. The monoisotopic (exact) mass is 313 g/mol. The normalized spacial score (nSPS) is 20.5. The SMILES string of the molecule is O=C1CCN(c2n[nH]c3ccccc23)C(=O)N1C1CCNCC1. The summed E-state index contributed by atoms with van der Waals surface area (Å²) in [5, 5.41) is 11.4. The van der Waals surface area contributed by atoms with Gasteiger partial charge in [0, 0.05) is 24.4 Å². The number of carbonyl (C=O) groups excluding carboxylic acids is 2. The van der Waals surface area contributed by atoms with E-state index in [1.165, 1.54) is 4.90 Å². The predicted molar refractivity (Wildman–Crippen MR) is 86.2 cm³/mol. The molecule has 0 unspecified atom stereocenters. The molecule has 3 heterocycles. The van der Waals surface area contributed by atoms with Gasteiger partial charge in [-0.2, -0.15) is 5.10 Å². The van der Waals surface area contributed by atoms with Gasteiger partial charge < -0.3 is 5.32 Å². The second-order valence-electron chi connectivity index (χ2n) is 6.02. The quantitative estimate of drug-likeness (QED) is 0.880. The fourth-order valence-corrected chi connectivity index (χ4v) is 3.44. The van der Waals surface area contributed by atoms with Crippen molar-refractivity contribution in [2.24, 2.45) is 0 Å². The first-order valence-electron chi connectivity index (χ1n) is 8.03. The minimum atomic E-state index is -0.245. The van der Waals surface area contributed by atoms with E-state index < -0.39 is 0 Å². The summed E-state index contributed by atoms with van der Waals surface area (Å²) < 4.78 is 0. The van der Waals surface area contributed by atoms with E-state index in [1.807, 2.05) is 24.3 Å². The Bertz CT molecular complexity index is 750. The summed E-state index contributed by atoms with van der Waals surface area (Å²) in [7, 11) is 0. The van der Waals surface area contributed by atoms with Gasteiger partial charge in [0.25, 0.3) is 0 Å². The van der Waals surface area contributed by atoms with Crippen LogP contribution >= 0.6 is 0 Å². The number of rotatable bonds is 2. The topological polar surface area (TPSA) is 81.3 Å². The van der Waals surface area contributed by atoms with Gasteiger partial charge in [-0.25, -0.2) is 4.79 Å². The summed E-state index contributed by atoms with van der Waals surface area (Å²) in [5.41, 5.74) is 0.889. The van der Waals surface area contributed by atoms with E-state index in [4.69, 9.17) is 0 Å². The van der Waals surface area contributed by atoms with Crippen LogP contribution in [0, 0.1) is 0 Å². The first-order chi connectivity index (χ1) is 11.3. The molecule has 7 heteroatoms. The van der Waals surface area contributed by atoms with Crippen LogP contribution in [0.4, 0.5) is 10.6 Å². The molecule has 0 spiro atoms. The molecule has 2 fully saturated rings. The van der Waals surface area contributed by atoms with Crippen LogP contribution in [0.2, 0.25) is 0 Å². The van der Waals surface area contributed by atoms with E-state index in [2.05, 4.69) is 15.5 Å². The molecule has 0 bridgehead atoms. The predicted octanol–water partition coefficient (Wildman–Crippen LogP) is 1.47. The number of benzene rings is 1. The number of aromatic amines is 1. The number of fused-ring (bicyclic) bond motifs is 1. The van der Waals surface area contributed by atoms with Crippen LogP contribution in [-0.2, 0) is 4.79 Å². The van der Waals surface area contributed by atoms with E-state index in [-0.39, 0.29) is 18.0 Å². The third-order valence-corrected chi connectivity index (χ3v) is 4.63. The molecule has 0 atom stereocenters. The van der Waals surface area contributed by atoms with Gasteiger partial charge in [0.1, 0.15) is 0 Å². The molecule has 2 aromatic rings. The standard InChI is InChI=1S/C16H19N5O2/c22-14-7-10-20(15-12-3-1-2-4-13(12)18-19-15)16(23)21(14)11-5-8-17-9-6-11/h1-4,11,17H,5-10H2,(H,18,19). The molecule has 0 radical (unpaired) electrons. The van der Waals surface area contributed by atoms with Crippen LogP contribution in [-0.4, -0.2) is 52.7 Å². The van der Waals surface area contributed by atoms with Crippen molar-refractivity contribution in [3.63, 3.8) is 0 Å². The molecule has 2 N–H and O–H groups in total. The van der Waals surface area contributed by atoms with Crippen LogP contribution in [0.15, 0.2) is 24.3 Å². The Balaban J connectivity index is 1.67. The maximum Gasteiger partial charge on any atom is 0.332 e. The Hall–Kier alpha value is -2.41. The van der Waals surface area contributed by atoms with Gasteiger partial charge in [-0.1, -0.05) is 12.1 Å². The van der Waals surface area contributed by atoms with Crippen molar-refractivity contribution >= 4 is 28.7 Å². The van der Waals surface area contributed by atoms with E-state index >= 15 is 0 Å². The molecule has 0 saturated carbocycles. The highest BCUT2D eigenvalue weighted by molar-refractivity contribution is 6.08. The fraction of sp³-hybridized carbons (Fsp3) is 0.438. The summed E-state index contributed by atoms with van der Waals surface area (Å²) >= 11 is 0. The zero-order valence-corrected chi connectivity index (χ0v) is 12.8. The molecule has 23 heavy (non-hydrogen) atoms. The lowest BCUT2D eigenvalue weighted by Crippen LogP contribution is -2.58. The number of piperidine rings is 1. The Morgan fingerprint density at radius 2 is 1.91 bits per heavy atom. The van der Waals surface area contributed by atoms with Gasteiger partial charge in [-0.3, -0.25) is 19.7 Å². The number of urea groups is 1. The molecule has 1 aromatic carbocycles. The molecule has 2 saturated heterocycles. The van der Waals surface area contributed by atoms with Crippen LogP contribution in [0.1, 0.15) is 19.3 Å². The van der Waals surface area contributed by atoms with Crippen molar-refractivity contribution in [2.45, 2.75) is 25.3 Å². The van der Waals surface area contributed by atoms with Crippen molar-refractivity contribution in [1.29, 1.82) is 0 Å². The zero-order chi connectivity index (χ0) is 15.8. The van der Waals surface area contributed by atoms with E-state index in [1.54, 1.807) is 4.90 Å². The van der Waals surface area contributed by atoms with Crippen molar-refractivity contribution in [3.8, 4) is 0 Å². The number of aromatic nitrogens is 2. The summed E-state index contributed by atoms with van der Waals surface area (Å²) in [6.07, 6.45) is 1.97. The van der Waals surface area contributed by atoms with Gasteiger partial charge in [-0.05, 0) is 38.1 Å². The molecule has 2 aliphatic heterocycles. The summed E-state index contributed by atoms with van der Waals surface area (Å²) in [4.78, 5) is 28.3. The molecular formula is C16H19N5O2. The largest absolute Gasteiger partial charge is 0.332 e. The third-order valence-electron chi connectivity index (χ3n) is 4.63. The maximum absolute atomic E-state index is 12.9. The number of anilines is 1. The van der Waals surface area contributed by atoms with Crippen LogP contribution in [0.25, 0.3) is 10.9 Å². The lowest BCUT2D eigenvalue weighted by molar-refractivity contribution is -0.131. The van der Waals surface area contributed by atoms with Crippen molar-refractivity contribution in [3.05, 3.63) is 24.3 Å². The summed E-state index contributed by atoms with van der Waals surface area (Å²) in [6, 6.07) is 7.45. The minimum Gasteiger partial charge on any atom is -0.317 e. The first kappa shape index (κ1) is 14.2. The Labute approximate surface area is 133 Å². The van der Waals surface area contributed by atoms with Crippen LogP contribution in [0.5, 0.6) is 0 Å². The number of nitrogens with zero attached hydrogens (tertiary/aromatic N) is 3. The van der Waals surface area contributed by atoms with E-state index in [0.717, 1.165) is 36.8 Å². The van der Waals surface area contributed by atoms with Crippen LogP contribution in [0.3, 0.4) is 0 Å². The smallest absolute Gasteiger partial charge is 0.317 e. The van der Waals surface area contributed by atoms with Crippen molar-refractivity contribution < 1.29 is 9.59 Å². The highest BCUT2D eigenvalue weighted by Crippen LogP contribution is 2.28. The number of H-pyrrole nitrogens is 1. The highest BCUT2D eigenvalue weighted by atomic mass is 16.2. The fourth-order valence-electron chi connectivity index (χ4n) is 3.44. The van der Waals surface area contributed by atoms with Gasteiger partial charge in [0.2, 0.25) is 5.91 Å². The van der Waals surface area contributed by atoms with Crippen molar-refractivity contribution in [1.82, 2.24) is 20.4 Å². The number of carbonyl (C=O) groups is 2. The van der Waals surface area contributed by atoms with Crippen molar-refractivity contribution in [2.75, 3.05) is 24.5 Å². The van der Waals surface area contributed by atoms with Gasteiger partial charge >= 0.3 is 6.03 Å². The number of hydrogen-bond acceptors (Lipinski definition) is 4. The number of para-hydroxylation sites is 1. The number of nitrogens with one attached hydrogen (secondary N) is 2. The molecule has 1 aromatic heterocycles. The Morgan fingerprint density at radius 1 is 1.13 bits per heavy atom. The maximum atomic E-state index is 12.9. The van der Waals surface area contributed by atoms with E-state index in [0.29, 0.717) is 18.8 Å². The Kier molecular flexibility index (Phi) is 3.49. The Morgan fingerprint density at radius 3 is 2.74 bits per heavy atom. The number of imide groups is 1. The molecule has 120 valence electrons. The zero-order valence-electron chi connectivity index (χ0n) is 12.8. The summed E-state index contributed by atoms with van der Waals surface area (Å²) in [5.74, 6) is 0.537. The molecular weight excluding hydrogens is 294 g/mol. The lowest BCUT2D eigenvalue weighted by atomic mass is 10.0. The van der Waals surface area contributed by atoms with E-state index in [9.17, 15) is 9.59 Å². The number of hydrogen-bond donors (Lipinski definition) is 2. The molecule has 7 nitrogen and oxygen atoms in total.